The van der Waals surface area contributed by atoms with Crippen molar-refractivity contribution in [1.29, 1.82) is 0 Å². The molecule has 0 N–H and O–H groups in total. The lowest BCUT2D eigenvalue weighted by Crippen LogP contribution is -2.37. The fraction of sp³-hybridized carbons (Fsp3) is 0.351. The van der Waals surface area contributed by atoms with Gasteiger partial charge >= 0.3 is 0 Å². The average molecular weight is 513 g/mol. The lowest BCUT2D eigenvalue weighted by atomic mass is 9.58. The SMILES string of the molecule is CC1CC=CC2=C(c3ccc4ccccc4c3)C3=C(C=CCC3)C(C3CC=CC4=C3SC3C=CCCC43)C21. The Morgan fingerprint density at radius 2 is 1.58 bits per heavy atom. The Kier molecular flexibility index (Phi) is 5.58. The number of hydrogen-bond donors (Lipinski definition) is 0. The Bertz CT molecular complexity index is 1540. The highest BCUT2D eigenvalue weighted by Crippen LogP contribution is 2.60. The molecule has 1 aliphatic heterocycles. The number of hydrogen-bond acceptors (Lipinski definition) is 1. The predicted octanol–water partition coefficient (Wildman–Crippen LogP) is 9.99. The molecule has 0 saturated carbocycles. The third kappa shape index (κ3) is 3.51. The number of fused-ring (bicyclic) bond motifs is 4. The van der Waals surface area contributed by atoms with Crippen LogP contribution in [0, 0.1) is 29.6 Å². The summed E-state index contributed by atoms with van der Waals surface area (Å²) in [6.45, 7) is 2.52. The van der Waals surface area contributed by atoms with Crippen LogP contribution < -0.4 is 0 Å². The fourth-order valence-electron chi connectivity index (χ4n) is 8.48. The van der Waals surface area contributed by atoms with E-state index >= 15 is 0 Å². The van der Waals surface area contributed by atoms with Gasteiger partial charge in [0.25, 0.3) is 0 Å². The van der Waals surface area contributed by atoms with Crippen molar-refractivity contribution in [3.63, 3.8) is 0 Å². The van der Waals surface area contributed by atoms with E-state index in [2.05, 4.69) is 110 Å². The monoisotopic (exact) mass is 512 g/mol. The van der Waals surface area contributed by atoms with Gasteiger partial charge in [0.1, 0.15) is 0 Å². The maximum absolute atomic E-state index is 2.55. The molecule has 1 heteroatoms. The first-order valence-corrected chi connectivity index (χ1v) is 15.7. The molecule has 1 heterocycles. The van der Waals surface area contributed by atoms with Crippen LogP contribution in [0.2, 0.25) is 0 Å². The molecule has 0 aromatic heterocycles. The van der Waals surface area contributed by atoms with Crippen molar-refractivity contribution in [1.82, 2.24) is 0 Å². The summed E-state index contributed by atoms with van der Waals surface area (Å²) in [5.74, 6) is 3.14. The Labute approximate surface area is 231 Å². The summed E-state index contributed by atoms with van der Waals surface area (Å²) in [4.78, 5) is 1.74. The minimum Gasteiger partial charge on any atom is -0.122 e. The summed E-state index contributed by atoms with van der Waals surface area (Å²) < 4.78 is 0. The van der Waals surface area contributed by atoms with E-state index in [1.807, 2.05) is 0 Å². The van der Waals surface area contributed by atoms with Gasteiger partial charge in [0.2, 0.25) is 0 Å². The Morgan fingerprint density at radius 1 is 0.737 bits per heavy atom. The van der Waals surface area contributed by atoms with Crippen LogP contribution in [0.25, 0.3) is 16.3 Å². The molecule has 6 aliphatic rings. The van der Waals surface area contributed by atoms with Crippen LogP contribution in [0.3, 0.4) is 0 Å². The normalized spacial score (nSPS) is 33.5. The van der Waals surface area contributed by atoms with E-state index in [0.717, 1.165) is 12.3 Å². The highest BCUT2D eigenvalue weighted by atomic mass is 32.2. The first-order valence-electron chi connectivity index (χ1n) is 14.8. The number of allylic oxidation sites excluding steroid dienone is 13. The van der Waals surface area contributed by atoms with Crippen molar-refractivity contribution in [2.24, 2.45) is 29.6 Å². The van der Waals surface area contributed by atoms with Crippen LogP contribution in [0.4, 0.5) is 0 Å². The largest absolute Gasteiger partial charge is 0.122 e. The minimum atomic E-state index is 0.576. The van der Waals surface area contributed by atoms with Crippen LogP contribution >= 0.6 is 11.8 Å². The van der Waals surface area contributed by atoms with E-state index in [9.17, 15) is 0 Å². The quantitative estimate of drug-likeness (QED) is 0.361. The zero-order valence-corrected chi connectivity index (χ0v) is 23.1. The molecular weight excluding hydrogens is 476 g/mol. The first-order chi connectivity index (χ1) is 18.8. The summed E-state index contributed by atoms with van der Waals surface area (Å²) in [5.41, 5.74) is 9.57. The molecule has 0 nitrogen and oxygen atoms in total. The third-order valence-electron chi connectivity index (χ3n) is 10.1. The highest BCUT2D eigenvalue weighted by molar-refractivity contribution is 8.04. The summed E-state index contributed by atoms with van der Waals surface area (Å²) >= 11 is 2.22. The van der Waals surface area contributed by atoms with Crippen molar-refractivity contribution in [3.8, 4) is 0 Å². The van der Waals surface area contributed by atoms with Crippen LogP contribution in [0.5, 0.6) is 0 Å². The molecular formula is C37H36S. The Hall–Kier alpha value is -2.77. The smallest absolute Gasteiger partial charge is 0.0340 e. The van der Waals surface area contributed by atoms with Gasteiger partial charge in [0.15, 0.2) is 0 Å². The van der Waals surface area contributed by atoms with Gasteiger partial charge in [-0.15, -0.1) is 11.8 Å². The van der Waals surface area contributed by atoms with Gasteiger partial charge in [-0.2, -0.15) is 0 Å². The van der Waals surface area contributed by atoms with Gasteiger partial charge in [-0.25, -0.2) is 0 Å². The molecule has 38 heavy (non-hydrogen) atoms. The summed E-state index contributed by atoms with van der Waals surface area (Å²) in [7, 11) is 0. The summed E-state index contributed by atoms with van der Waals surface area (Å²) in [6.07, 6.45) is 27.3. The fourth-order valence-corrected chi connectivity index (χ4v) is 10.2. The molecule has 6 atom stereocenters. The van der Waals surface area contributed by atoms with Crippen LogP contribution in [-0.2, 0) is 0 Å². The average Bonchev–Trinajstić information content (AvgIpc) is 3.35. The predicted molar refractivity (Wildman–Crippen MR) is 164 cm³/mol. The van der Waals surface area contributed by atoms with Crippen molar-refractivity contribution in [3.05, 3.63) is 124 Å². The number of benzene rings is 2. The van der Waals surface area contributed by atoms with E-state index < -0.39 is 0 Å². The van der Waals surface area contributed by atoms with E-state index in [-0.39, 0.29) is 0 Å². The topological polar surface area (TPSA) is 0 Å². The van der Waals surface area contributed by atoms with Gasteiger partial charge < -0.3 is 0 Å². The van der Waals surface area contributed by atoms with Gasteiger partial charge in [-0.3, -0.25) is 0 Å². The number of rotatable bonds is 2. The summed E-state index contributed by atoms with van der Waals surface area (Å²) in [5, 5.41) is 3.34. The molecule has 0 saturated heterocycles. The molecule has 5 aliphatic carbocycles. The lowest BCUT2D eigenvalue weighted by Gasteiger charge is -2.47. The highest BCUT2D eigenvalue weighted by Gasteiger charge is 2.47. The molecule has 0 spiro atoms. The van der Waals surface area contributed by atoms with Crippen LogP contribution in [0.1, 0.15) is 51.0 Å². The van der Waals surface area contributed by atoms with E-state index in [0.29, 0.717) is 28.9 Å². The maximum atomic E-state index is 2.55. The minimum absolute atomic E-state index is 0.576. The standard InChI is InChI=1S/C37H36S/c1-23-10-8-17-31-34(23)36(32-18-9-16-30-27-13-6-7-19-33(27)38-37(30)32)29-15-5-4-14-28(29)35(31)26-21-20-24-11-2-3-12-25(24)22-26/h2-3,5,7-9,11-12,15-17,19-23,27,32-34,36H,4,6,10,13-14,18H2,1H3. The first kappa shape index (κ1) is 23.1. The van der Waals surface area contributed by atoms with E-state index in [1.54, 1.807) is 32.8 Å². The molecule has 6 unspecified atom stereocenters. The van der Waals surface area contributed by atoms with E-state index in [1.165, 1.54) is 48.4 Å². The second-order valence-electron chi connectivity index (χ2n) is 12.2. The van der Waals surface area contributed by atoms with E-state index in [4.69, 9.17) is 0 Å². The van der Waals surface area contributed by atoms with Gasteiger partial charge in [0.05, 0.1) is 0 Å². The molecule has 0 bridgehead atoms. The van der Waals surface area contributed by atoms with Gasteiger partial charge in [-0.1, -0.05) is 91.9 Å². The second kappa shape index (κ2) is 9.16. The van der Waals surface area contributed by atoms with Gasteiger partial charge in [-0.05, 0) is 111 Å². The molecule has 8 rings (SSSR count). The molecule has 2 aromatic carbocycles. The molecule has 190 valence electrons. The maximum Gasteiger partial charge on any atom is 0.0340 e. The van der Waals surface area contributed by atoms with Crippen molar-refractivity contribution in [2.45, 2.75) is 50.7 Å². The third-order valence-corrected chi connectivity index (χ3v) is 11.7. The Balaban J connectivity index is 1.31. The molecule has 0 fully saturated rings. The van der Waals surface area contributed by atoms with Crippen molar-refractivity contribution in [2.75, 3.05) is 0 Å². The summed E-state index contributed by atoms with van der Waals surface area (Å²) in [6, 6.07) is 16.0. The zero-order chi connectivity index (χ0) is 25.2. The lowest BCUT2D eigenvalue weighted by molar-refractivity contribution is 0.256. The second-order valence-corrected chi connectivity index (χ2v) is 13.4. The molecule has 0 amide bonds. The molecule has 0 radical (unpaired) electrons. The van der Waals surface area contributed by atoms with Crippen LogP contribution in [0.15, 0.2) is 118 Å². The van der Waals surface area contributed by atoms with Crippen molar-refractivity contribution < 1.29 is 0 Å². The Morgan fingerprint density at radius 3 is 2.53 bits per heavy atom. The number of thioether (sulfide) groups is 1. The zero-order valence-electron chi connectivity index (χ0n) is 22.3. The van der Waals surface area contributed by atoms with Gasteiger partial charge in [0, 0.05) is 17.1 Å². The molecule has 2 aromatic rings. The van der Waals surface area contributed by atoms with Crippen molar-refractivity contribution >= 4 is 28.1 Å². The van der Waals surface area contributed by atoms with Crippen LogP contribution in [-0.4, -0.2) is 5.25 Å².